The molecule has 1 unspecified atom stereocenters. The quantitative estimate of drug-likeness (QED) is 0.542. The molecular weight excluding hydrogens is 393 g/mol. The monoisotopic (exact) mass is 398 g/mol. The molecule has 0 saturated carbocycles. The van der Waals surface area contributed by atoms with Gasteiger partial charge in [-0.2, -0.15) is 5.10 Å². The number of rotatable bonds is 2. The van der Waals surface area contributed by atoms with E-state index in [1.165, 1.54) is 6.07 Å². The zero-order chi connectivity index (χ0) is 11.0. The number of halogens is 3. The number of nitrogens with zero attached hydrogens (tertiary/aromatic N) is 2. The van der Waals surface area contributed by atoms with Crippen LogP contribution in [0.4, 0.5) is 4.39 Å². The Morgan fingerprint density at radius 1 is 1.60 bits per heavy atom. The summed E-state index contributed by atoms with van der Waals surface area (Å²) < 4.78 is 16.1. The largest absolute Gasteiger partial charge is 0.234 e. The summed E-state index contributed by atoms with van der Waals surface area (Å²) in [7, 11) is 0. The average Bonchev–Trinajstić information content (AvgIpc) is 2.55. The van der Waals surface area contributed by atoms with Crippen molar-refractivity contribution in [3.63, 3.8) is 0 Å². The van der Waals surface area contributed by atoms with Crippen molar-refractivity contribution in [1.82, 2.24) is 9.55 Å². The van der Waals surface area contributed by atoms with Crippen LogP contribution in [0.2, 0.25) is 0 Å². The number of benzene rings is 1. The zero-order valence-corrected chi connectivity index (χ0v) is 12.2. The molecule has 0 N–H and O–H groups in total. The Balaban J connectivity index is 2.91. The molecule has 0 aliphatic rings. The Morgan fingerprint density at radius 2 is 2.33 bits per heavy atom. The normalized spacial score (nSPS) is 11.7. The molecule has 0 spiro atoms. The minimum absolute atomic E-state index is 0.260. The zero-order valence-electron chi connectivity index (χ0n) is 7.47. The van der Waals surface area contributed by atoms with Gasteiger partial charge in [-0.05, 0) is 40.2 Å². The number of aromatic nitrogens is 2. The maximum absolute atomic E-state index is 13.7. The third-order valence-corrected chi connectivity index (χ3v) is 4.31. The summed E-state index contributed by atoms with van der Waals surface area (Å²) in [6.45, 7) is 3.68. The van der Waals surface area contributed by atoms with Crippen LogP contribution < -0.4 is 0 Å². The van der Waals surface area contributed by atoms with Gasteiger partial charge in [-0.25, -0.2) is 8.84 Å². The van der Waals surface area contributed by atoms with Crippen LogP contribution in [0.15, 0.2) is 23.2 Å². The van der Waals surface area contributed by atoms with E-state index >= 15 is 0 Å². The third kappa shape index (κ3) is 1.97. The van der Waals surface area contributed by atoms with Crippen molar-refractivity contribution in [3.05, 3.63) is 34.7 Å². The Hall–Kier alpha value is -0.000000000000000111. The van der Waals surface area contributed by atoms with Crippen molar-refractivity contribution in [1.29, 1.82) is 0 Å². The molecule has 0 amide bonds. The molecule has 2 nitrogen and oxygen atoms in total. The number of hydrogen-bond donors (Lipinski definition) is 0. The van der Waals surface area contributed by atoms with Crippen molar-refractivity contribution in [2.45, 2.75) is 0 Å². The highest BCUT2D eigenvalue weighted by atomic mass is 127. The lowest BCUT2D eigenvalue weighted by atomic mass is 10.2. The first-order valence-electron chi connectivity index (χ1n) is 4.04. The van der Waals surface area contributed by atoms with E-state index in [1.807, 2.05) is 6.07 Å². The van der Waals surface area contributed by atoms with Gasteiger partial charge in [0.2, 0.25) is 0 Å². The van der Waals surface area contributed by atoms with Crippen molar-refractivity contribution in [2.24, 2.45) is 0 Å². The fourth-order valence-corrected chi connectivity index (χ4v) is 3.33. The van der Waals surface area contributed by atoms with E-state index < -0.39 is 0 Å². The molecule has 0 saturated heterocycles. The second-order valence-electron chi connectivity index (χ2n) is 2.87. The summed E-state index contributed by atoms with van der Waals surface area (Å²) in [6.07, 6.45) is 2.01. The van der Waals surface area contributed by atoms with Crippen LogP contribution in [0.25, 0.3) is 17.0 Å². The second-order valence-corrected chi connectivity index (χ2v) is 5.83. The molecule has 1 aromatic heterocycles. The molecule has 15 heavy (non-hydrogen) atoms. The summed E-state index contributed by atoms with van der Waals surface area (Å²) >= 11 is 5.44. The van der Waals surface area contributed by atoms with Gasteiger partial charge in [0, 0.05) is 9.86 Å². The molecule has 0 aliphatic heterocycles. The van der Waals surface area contributed by atoms with E-state index in [-0.39, 0.29) is 5.82 Å². The van der Waals surface area contributed by atoms with Gasteiger partial charge in [0.05, 0.1) is 12.1 Å². The summed E-state index contributed by atoms with van der Waals surface area (Å²) in [5.74, 6) is -0.260. The van der Waals surface area contributed by atoms with Gasteiger partial charge in [-0.3, -0.25) is 0 Å². The summed E-state index contributed by atoms with van der Waals surface area (Å²) in [5, 5.41) is 5.06. The van der Waals surface area contributed by atoms with Crippen LogP contribution in [0.1, 0.15) is 5.69 Å². The van der Waals surface area contributed by atoms with E-state index in [2.05, 4.69) is 49.6 Å². The molecule has 1 heterocycles. The number of fused-ring (bicyclic) bond motifs is 1. The van der Waals surface area contributed by atoms with Crippen molar-refractivity contribution < 1.29 is 4.39 Å². The highest BCUT2D eigenvalue weighted by Gasteiger charge is 2.13. The molecule has 0 radical (unpaired) electrons. The molecule has 0 fully saturated rings. The molecule has 1 aromatic carbocycles. The molecule has 1 atom stereocenters. The smallest absolute Gasteiger partial charge is 0.150 e. The average molecular weight is 399 g/mol. The first-order chi connectivity index (χ1) is 7.17. The Kier molecular flexibility index (Phi) is 3.42. The van der Waals surface area contributed by atoms with Gasteiger partial charge < -0.3 is 0 Å². The summed E-state index contributed by atoms with van der Waals surface area (Å²) in [5.41, 5.74) is 1.26. The Morgan fingerprint density at radius 3 is 2.93 bits per heavy atom. The Bertz CT molecular complexity index is 540. The first-order valence-corrected chi connectivity index (χ1v) is 8.89. The van der Waals surface area contributed by atoms with Gasteiger partial charge in [0.25, 0.3) is 0 Å². The van der Waals surface area contributed by atoms with Crippen LogP contribution in [0.3, 0.4) is 0 Å². The van der Waals surface area contributed by atoms with Gasteiger partial charge in [-0.1, -0.05) is 22.5 Å². The third-order valence-electron chi connectivity index (χ3n) is 2.00. The van der Waals surface area contributed by atoms with Crippen molar-refractivity contribution >= 4 is 61.3 Å². The molecular formula is C9H6BrFIN2P. The predicted octanol–water partition coefficient (Wildman–Crippen LogP) is 4.37. The SMILES string of the molecule is C=Cc1nn(PI)c2c(F)cc(Br)cc12. The molecule has 2 aromatic rings. The lowest BCUT2D eigenvalue weighted by molar-refractivity contribution is 0.634. The van der Waals surface area contributed by atoms with Gasteiger partial charge in [-0.15, -0.1) is 0 Å². The Labute approximate surface area is 109 Å². The van der Waals surface area contributed by atoms with Crippen LogP contribution in [-0.4, -0.2) is 9.55 Å². The lowest BCUT2D eigenvalue weighted by Gasteiger charge is -1.98. The van der Waals surface area contributed by atoms with Gasteiger partial charge >= 0.3 is 0 Å². The number of hydrogen-bond acceptors (Lipinski definition) is 1. The fraction of sp³-hybridized carbons (Fsp3) is 0. The fourth-order valence-electron chi connectivity index (χ4n) is 1.40. The minimum atomic E-state index is -0.260. The second kappa shape index (κ2) is 4.47. The van der Waals surface area contributed by atoms with Crippen LogP contribution in [-0.2, 0) is 0 Å². The van der Waals surface area contributed by atoms with Crippen molar-refractivity contribution in [3.8, 4) is 0 Å². The molecule has 0 aliphatic carbocycles. The standard InChI is InChI=1S/C9H6BrFIN2P/c1-2-8-6-3-5(10)4-7(11)9(6)14(13-8)15-12/h2-4,15H,1H2. The van der Waals surface area contributed by atoms with Crippen LogP contribution in [0.5, 0.6) is 0 Å². The van der Waals surface area contributed by atoms with E-state index in [0.717, 1.165) is 11.1 Å². The molecule has 6 heteroatoms. The lowest BCUT2D eigenvalue weighted by Crippen LogP contribution is -1.86. The van der Waals surface area contributed by atoms with E-state index in [4.69, 9.17) is 0 Å². The highest BCUT2D eigenvalue weighted by Crippen LogP contribution is 2.33. The maximum Gasteiger partial charge on any atom is 0.150 e. The molecule has 78 valence electrons. The predicted molar refractivity (Wildman–Crippen MR) is 75.2 cm³/mol. The van der Waals surface area contributed by atoms with Gasteiger partial charge in [0.1, 0.15) is 5.52 Å². The first kappa shape index (κ1) is 11.5. The van der Waals surface area contributed by atoms with Crippen LogP contribution in [0, 0.1) is 5.82 Å². The van der Waals surface area contributed by atoms with E-state index in [9.17, 15) is 4.39 Å². The van der Waals surface area contributed by atoms with E-state index in [0.29, 0.717) is 16.4 Å². The molecule has 0 bridgehead atoms. The molecule has 2 rings (SSSR count). The minimum Gasteiger partial charge on any atom is -0.234 e. The highest BCUT2D eigenvalue weighted by molar-refractivity contribution is 14.2. The van der Waals surface area contributed by atoms with E-state index in [1.54, 1.807) is 10.5 Å². The van der Waals surface area contributed by atoms with Gasteiger partial charge in [0.15, 0.2) is 5.82 Å². The maximum atomic E-state index is 13.7. The van der Waals surface area contributed by atoms with Crippen LogP contribution >= 0.6 is 44.3 Å². The topological polar surface area (TPSA) is 17.8 Å². The summed E-state index contributed by atoms with van der Waals surface area (Å²) in [6, 6.07) is 3.31. The summed E-state index contributed by atoms with van der Waals surface area (Å²) in [4.78, 5) is 0. The van der Waals surface area contributed by atoms with Crippen molar-refractivity contribution in [2.75, 3.05) is 0 Å².